The van der Waals surface area contributed by atoms with Gasteiger partial charge in [-0.3, -0.25) is 9.59 Å². The third kappa shape index (κ3) is 7.96. The summed E-state index contributed by atoms with van der Waals surface area (Å²) in [6, 6.07) is 11.9. The zero-order valence-electron chi connectivity index (χ0n) is 23.6. The molecule has 2 aromatic rings. The van der Waals surface area contributed by atoms with Gasteiger partial charge in [-0.05, 0) is 68.0 Å². The molecule has 0 spiro atoms. The van der Waals surface area contributed by atoms with Gasteiger partial charge in [-0.25, -0.2) is 4.31 Å². The van der Waals surface area contributed by atoms with Crippen LogP contribution >= 0.6 is 11.6 Å². The van der Waals surface area contributed by atoms with E-state index in [2.05, 4.69) is 5.32 Å². The van der Waals surface area contributed by atoms with Crippen molar-refractivity contribution < 1.29 is 18.0 Å². The van der Waals surface area contributed by atoms with Crippen molar-refractivity contribution in [3.05, 3.63) is 64.2 Å². The molecule has 2 amide bonds. The van der Waals surface area contributed by atoms with Crippen LogP contribution in [0.15, 0.2) is 42.5 Å². The third-order valence-electron chi connectivity index (χ3n) is 7.26. The van der Waals surface area contributed by atoms with Gasteiger partial charge >= 0.3 is 10.2 Å². The maximum Gasteiger partial charge on any atom is 0.304 e. The lowest BCUT2D eigenvalue weighted by molar-refractivity contribution is -0.140. The number of carbonyl (C=O) groups excluding carboxylic acids is 2. The summed E-state index contributed by atoms with van der Waals surface area (Å²) in [6.07, 6.45) is 5.55. The molecule has 1 aliphatic rings. The molecule has 214 valence electrons. The first-order valence-corrected chi connectivity index (χ1v) is 15.3. The minimum Gasteiger partial charge on any atom is -0.352 e. The van der Waals surface area contributed by atoms with Crippen LogP contribution in [0.1, 0.15) is 62.1 Å². The topological polar surface area (TPSA) is 90.0 Å². The standard InChI is InChI=1S/C29H41ClN4O4S/c1-6-26(29(36)31-25-10-8-7-9-11-25)33(19-23-14-16-24(30)17-15-23)28(35)20-34(39(37,38)32(4)5)27-18-21(2)12-13-22(27)3/h12-18,25-26H,6-11,19-20H2,1-5H3,(H,31,36)/t26-/m1/s1. The quantitative estimate of drug-likeness (QED) is 0.415. The van der Waals surface area contributed by atoms with Crippen molar-refractivity contribution in [2.45, 2.75) is 77.9 Å². The van der Waals surface area contributed by atoms with Crippen LogP contribution in [0, 0.1) is 13.8 Å². The highest BCUT2D eigenvalue weighted by atomic mass is 35.5. The van der Waals surface area contributed by atoms with Crippen molar-refractivity contribution >= 4 is 39.3 Å². The average molecular weight is 577 g/mol. The summed E-state index contributed by atoms with van der Waals surface area (Å²) < 4.78 is 29.2. The van der Waals surface area contributed by atoms with E-state index in [-0.39, 0.29) is 18.5 Å². The Balaban J connectivity index is 1.99. The van der Waals surface area contributed by atoms with Crippen LogP contribution in [0.5, 0.6) is 0 Å². The molecular weight excluding hydrogens is 536 g/mol. The van der Waals surface area contributed by atoms with Gasteiger partial charge in [0.15, 0.2) is 0 Å². The fourth-order valence-corrected chi connectivity index (χ4v) is 6.18. The van der Waals surface area contributed by atoms with Crippen LogP contribution < -0.4 is 9.62 Å². The molecule has 0 saturated heterocycles. The normalized spacial score (nSPS) is 15.2. The Bertz CT molecular complexity index is 1240. The van der Waals surface area contributed by atoms with Crippen LogP contribution in [0.25, 0.3) is 0 Å². The molecule has 1 N–H and O–H groups in total. The number of carbonyl (C=O) groups is 2. The van der Waals surface area contributed by atoms with Crippen molar-refractivity contribution in [3.8, 4) is 0 Å². The van der Waals surface area contributed by atoms with Gasteiger partial charge in [0.1, 0.15) is 12.6 Å². The van der Waals surface area contributed by atoms with Gasteiger partial charge < -0.3 is 10.2 Å². The Kier molecular flexibility index (Phi) is 10.8. The Hall–Kier alpha value is -2.62. The zero-order chi connectivity index (χ0) is 28.7. The fourth-order valence-electron chi connectivity index (χ4n) is 4.94. The number of hydrogen-bond acceptors (Lipinski definition) is 4. The van der Waals surface area contributed by atoms with Gasteiger partial charge in [-0.2, -0.15) is 12.7 Å². The second kappa shape index (κ2) is 13.6. The smallest absolute Gasteiger partial charge is 0.304 e. The van der Waals surface area contributed by atoms with Gasteiger partial charge in [-0.15, -0.1) is 0 Å². The van der Waals surface area contributed by atoms with Gasteiger partial charge in [0.25, 0.3) is 0 Å². The predicted octanol–water partition coefficient (Wildman–Crippen LogP) is 4.83. The molecule has 2 aromatic carbocycles. The number of halogens is 1. The number of benzene rings is 2. The van der Waals surface area contributed by atoms with Gasteiger partial charge in [0.05, 0.1) is 5.69 Å². The van der Waals surface area contributed by atoms with E-state index in [0.717, 1.165) is 51.0 Å². The summed E-state index contributed by atoms with van der Waals surface area (Å²) in [6.45, 7) is 5.27. The second-order valence-electron chi connectivity index (χ2n) is 10.5. The number of rotatable bonds is 11. The highest BCUT2D eigenvalue weighted by molar-refractivity contribution is 7.90. The van der Waals surface area contributed by atoms with Gasteiger partial charge in [0.2, 0.25) is 11.8 Å². The summed E-state index contributed by atoms with van der Waals surface area (Å²) >= 11 is 6.08. The molecule has 10 heteroatoms. The summed E-state index contributed by atoms with van der Waals surface area (Å²) in [7, 11) is -1.13. The summed E-state index contributed by atoms with van der Waals surface area (Å²) in [4.78, 5) is 29.1. The van der Waals surface area contributed by atoms with E-state index >= 15 is 0 Å². The Morgan fingerprint density at radius 2 is 1.67 bits per heavy atom. The maximum atomic E-state index is 14.1. The van der Waals surface area contributed by atoms with Crippen molar-refractivity contribution in [3.63, 3.8) is 0 Å². The molecule has 1 fully saturated rings. The summed E-state index contributed by atoms with van der Waals surface area (Å²) in [5.41, 5.74) is 2.83. The molecule has 1 aliphatic carbocycles. The number of anilines is 1. The number of nitrogens with zero attached hydrogens (tertiary/aromatic N) is 3. The maximum absolute atomic E-state index is 14.1. The Morgan fingerprint density at radius 3 is 2.26 bits per heavy atom. The number of amides is 2. The molecule has 0 aromatic heterocycles. The lowest BCUT2D eigenvalue weighted by Crippen LogP contribution is -2.54. The van der Waals surface area contributed by atoms with E-state index in [1.807, 2.05) is 45.0 Å². The monoisotopic (exact) mass is 576 g/mol. The first-order valence-electron chi connectivity index (χ1n) is 13.6. The lowest BCUT2D eigenvalue weighted by Gasteiger charge is -2.35. The summed E-state index contributed by atoms with van der Waals surface area (Å²) in [5.74, 6) is -0.664. The third-order valence-corrected chi connectivity index (χ3v) is 9.31. The van der Waals surface area contributed by atoms with E-state index in [1.54, 1.807) is 18.2 Å². The molecule has 0 unspecified atom stereocenters. The average Bonchev–Trinajstić information content (AvgIpc) is 2.90. The number of nitrogens with one attached hydrogen (secondary N) is 1. The Labute approximate surface area is 238 Å². The minimum absolute atomic E-state index is 0.0911. The zero-order valence-corrected chi connectivity index (χ0v) is 25.2. The van der Waals surface area contributed by atoms with E-state index in [4.69, 9.17) is 11.6 Å². The molecule has 0 bridgehead atoms. The van der Waals surface area contributed by atoms with E-state index in [1.165, 1.54) is 25.4 Å². The largest absolute Gasteiger partial charge is 0.352 e. The van der Waals surface area contributed by atoms with Crippen molar-refractivity contribution in [1.82, 2.24) is 14.5 Å². The van der Waals surface area contributed by atoms with Gasteiger partial charge in [-0.1, -0.05) is 62.1 Å². The fraction of sp³-hybridized carbons (Fsp3) is 0.517. The van der Waals surface area contributed by atoms with Crippen LogP contribution in [0.2, 0.25) is 5.02 Å². The second-order valence-corrected chi connectivity index (χ2v) is 13.0. The highest BCUT2D eigenvalue weighted by Gasteiger charge is 2.35. The molecule has 39 heavy (non-hydrogen) atoms. The highest BCUT2D eigenvalue weighted by Crippen LogP contribution is 2.26. The molecule has 0 heterocycles. The van der Waals surface area contributed by atoms with Crippen LogP contribution in [-0.2, 0) is 26.3 Å². The number of hydrogen-bond donors (Lipinski definition) is 1. The molecular formula is C29H41ClN4O4S. The number of aryl methyl sites for hydroxylation is 2. The lowest BCUT2D eigenvalue weighted by atomic mass is 9.95. The van der Waals surface area contributed by atoms with Crippen LogP contribution in [0.3, 0.4) is 0 Å². The molecule has 0 aliphatic heterocycles. The first kappa shape index (κ1) is 30.9. The molecule has 1 atom stereocenters. The van der Waals surface area contributed by atoms with E-state index in [9.17, 15) is 18.0 Å². The van der Waals surface area contributed by atoms with Crippen molar-refractivity contribution in [2.24, 2.45) is 0 Å². The van der Waals surface area contributed by atoms with Crippen molar-refractivity contribution in [2.75, 3.05) is 24.9 Å². The van der Waals surface area contributed by atoms with Gasteiger partial charge in [0, 0.05) is 31.7 Å². The summed E-state index contributed by atoms with van der Waals surface area (Å²) in [5, 5.41) is 3.72. The predicted molar refractivity (Wildman–Crippen MR) is 157 cm³/mol. The molecule has 1 saturated carbocycles. The SMILES string of the molecule is CC[C@H](C(=O)NC1CCCCC1)N(Cc1ccc(Cl)cc1)C(=O)CN(c1cc(C)ccc1C)S(=O)(=O)N(C)C. The first-order chi connectivity index (χ1) is 18.4. The molecule has 8 nitrogen and oxygen atoms in total. The van der Waals surface area contributed by atoms with Crippen LogP contribution in [0.4, 0.5) is 5.69 Å². The molecule has 3 rings (SSSR count). The van der Waals surface area contributed by atoms with E-state index in [0.29, 0.717) is 17.1 Å². The molecule has 0 radical (unpaired) electrons. The minimum atomic E-state index is -4.01. The van der Waals surface area contributed by atoms with Crippen molar-refractivity contribution in [1.29, 1.82) is 0 Å². The Morgan fingerprint density at radius 1 is 1.03 bits per heavy atom. The van der Waals surface area contributed by atoms with Crippen LogP contribution in [-0.4, -0.2) is 62.2 Å². The van der Waals surface area contributed by atoms with E-state index < -0.39 is 28.7 Å².